The van der Waals surface area contributed by atoms with E-state index in [0.717, 1.165) is 6.42 Å². The van der Waals surface area contributed by atoms with Crippen molar-refractivity contribution in [1.29, 1.82) is 0 Å². The summed E-state index contributed by atoms with van der Waals surface area (Å²) < 4.78 is 10.5. The van der Waals surface area contributed by atoms with Gasteiger partial charge in [-0.15, -0.1) is 0 Å². The van der Waals surface area contributed by atoms with Crippen molar-refractivity contribution in [3.05, 3.63) is 23.8 Å². The van der Waals surface area contributed by atoms with Crippen molar-refractivity contribution in [2.24, 2.45) is 11.7 Å². The molecule has 1 aliphatic carbocycles. The number of nitrogens with two attached hydrogens (primary N) is 1. The fourth-order valence-corrected chi connectivity index (χ4v) is 2.99. The van der Waals surface area contributed by atoms with Crippen molar-refractivity contribution in [1.82, 2.24) is 5.32 Å². The first-order valence-corrected chi connectivity index (χ1v) is 6.67. The molecule has 6 heteroatoms. The molecule has 4 unspecified atom stereocenters. The zero-order valence-electron chi connectivity index (χ0n) is 11.2. The number of aromatic hydroxyl groups is 1. The van der Waals surface area contributed by atoms with Crippen LogP contribution in [-0.2, 0) is 4.74 Å². The molecule has 0 aromatic heterocycles. The quantitative estimate of drug-likeness (QED) is 0.736. The van der Waals surface area contributed by atoms with Gasteiger partial charge in [-0.2, -0.15) is 0 Å². The van der Waals surface area contributed by atoms with Gasteiger partial charge in [0.05, 0.1) is 19.3 Å². The standard InChI is InChI=1S/C14H18N2O4/c1-19-10-3-2-7(6-9(10)17)14(18)16-12-11(15)8-4-5-20-13(8)12/h2-3,6,8,11-13,17H,4-5,15H2,1H3,(H,16,18). The number of hydrogen-bond acceptors (Lipinski definition) is 5. The smallest absolute Gasteiger partial charge is 0.251 e. The summed E-state index contributed by atoms with van der Waals surface area (Å²) in [4.78, 5) is 12.2. The molecule has 1 aromatic rings. The van der Waals surface area contributed by atoms with Crippen LogP contribution in [0.3, 0.4) is 0 Å². The van der Waals surface area contributed by atoms with Gasteiger partial charge < -0.3 is 25.6 Å². The van der Waals surface area contributed by atoms with Crippen molar-refractivity contribution >= 4 is 5.91 Å². The summed E-state index contributed by atoms with van der Waals surface area (Å²) >= 11 is 0. The lowest BCUT2D eigenvalue weighted by Crippen LogP contribution is -2.68. The van der Waals surface area contributed by atoms with Crippen molar-refractivity contribution in [2.45, 2.75) is 24.6 Å². The molecule has 1 amide bonds. The number of ether oxygens (including phenoxy) is 2. The number of benzene rings is 1. The number of carbonyl (C=O) groups is 1. The normalized spacial score (nSPS) is 31.3. The molecule has 4 N–H and O–H groups in total. The minimum absolute atomic E-state index is 0.0285. The number of methoxy groups -OCH3 is 1. The molecule has 6 nitrogen and oxygen atoms in total. The molecule has 1 aliphatic heterocycles. The fraction of sp³-hybridized carbons (Fsp3) is 0.500. The fourth-order valence-electron chi connectivity index (χ4n) is 2.99. The Kier molecular flexibility index (Phi) is 3.27. The predicted molar refractivity (Wildman–Crippen MR) is 71.7 cm³/mol. The van der Waals surface area contributed by atoms with Crippen LogP contribution in [0.5, 0.6) is 11.5 Å². The van der Waals surface area contributed by atoms with Gasteiger partial charge in [0.1, 0.15) is 0 Å². The van der Waals surface area contributed by atoms with Gasteiger partial charge in [-0.05, 0) is 24.6 Å². The highest BCUT2D eigenvalue weighted by Crippen LogP contribution is 2.38. The molecular formula is C14H18N2O4. The Hall–Kier alpha value is -1.79. The Labute approximate surface area is 116 Å². The maximum atomic E-state index is 12.2. The zero-order chi connectivity index (χ0) is 14.3. The summed E-state index contributed by atoms with van der Waals surface area (Å²) in [5.41, 5.74) is 6.42. The molecular weight excluding hydrogens is 260 g/mol. The summed E-state index contributed by atoms with van der Waals surface area (Å²) in [5.74, 6) is 0.357. The number of hydrogen-bond donors (Lipinski definition) is 3. The number of phenolic OH excluding ortho intramolecular Hbond substituents is 1. The van der Waals surface area contributed by atoms with Crippen LogP contribution in [0.1, 0.15) is 16.8 Å². The number of rotatable bonds is 3. The molecule has 108 valence electrons. The van der Waals surface area contributed by atoms with Gasteiger partial charge in [-0.1, -0.05) is 0 Å². The number of fused-ring (bicyclic) bond motifs is 1. The van der Waals surface area contributed by atoms with Gasteiger partial charge in [0, 0.05) is 24.1 Å². The second-order valence-corrected chi connectivity index (χ2v) is 5.25. The second-order valence-electron chi connectivity index (χ2n) is 5.25. The van der Waals surface area contributed by atoms with E-state index in [1.165, 1.54) is 13.2 Å². The third-order valence-electron chi connectivity index (χ3n) is 4.19. The van der Waals surface area contributed by atoms with Crippen LogP contribution in [-0.4, -0.2) is 42.9 Å². The number of carbonyl (C=O) groups excluding carboxylic acids is 1. The lowest BCUT2D eigenvalue weighted by atomic mass is 9.72. The Balaban J connectivity index is 1.69. The summed E-state index contributed by atoms with van der Waals surface area (Å²) in [5, 5.41) is 12.6. The van der Waals surface area contributed by atoms with Gasteiger partial charge in [0.2, 0.25) is 0 Å². The van der Waals surface area contributed by atoms with E-state index in [1.54, 1.807) is 12.1 Å². The van der Waals surface area contributed by atoms with Crippen molar-refractivity contribution < 1.29 is 19.4 Å². The molecule has 1 saturated carbocycles. The first-order valence-electron chi connectivity index (χ1n) is 6.67. The third-order valence-corrected chi connectivity index (χ3v) is 4.19. The Morgan fingerprint density at radius 3 is 3.05 bits per heavy atom. The zero-order valence-corrected chi connectivity index (χ0v) is 11.2. The van der Waals surface area contributed by atoms with Crippen LogP contribution in [0.2, 0.25) is 0 Å². The average Bonchev–Trinajstić information content (AvgIpc) is 2.89. The lowest BCUT2D eigenvalue weighted by Gasteiger charge is -2.45. The number of amides is 1. The van der Waals surface area contributed by atoms with E-state index in [-0.39, 0.29) is 29.8 Å². The molecule has 1 saturated heterocycles. The average molecular weight is 278 g/mol. The van der Waals surface area contributed by atoms with Crippen LogP contribution in [0.15, 0.2) is 18.2 Å². The van der Waals surface area contributed by atoms with Crippen LogP contribution in [0.25, 0.3) is 0 Å². The van der Waals surface area contributed by atoms with Gasteiger partial charge in [0.15, 0.2) is 11.5 Å². The van der Waals surface area contributed by atoms with E-state index in [4.69, 9.17) is 15.2 Å². The second kappa shape index (κ2) is 4.96. The molecule has 1 aromatic carbocycles. The summed E-state index contributed by atoms with van der Waals surface area (Å²) in [6.45, 7) is 0.707. The minimum atomic E-state index is -0.266. The minimum Gasteiger partial charge on any atom is -0.504 e. The summed E-state index contributed by atoms with van der Waals surface area (Å²) in [6, 6.07) is 4.33. The molecule has 2 fully saturated rings. The number of nitrogens with one attached hydrogen (secondary N) is 1. The maximum Gasteiger partial charge on any atom is 0.251 e. The SMILES string of the molecule is COc1ccc(C(=O)NC2C(N)C3CCOC32)cc1O. The maximum absolute atomic E-state index is 12.2. The van der Waals surface area contributed by atoms with E-state index >= 15 is 0 Å². The van der Waals surface area contributed by atoms with E-state index in [9.17, 15) is 9.90 Å². The first-order chi connectivity index (χ1) is 9.61. The molecule has 0 radical (unpaired) electrons. The molecule has 1 heterocycles. The molecule has 0 spiro atoms. The largest absolute Gasteiger partial charge is 0.504 e. The van der Waals surface area contributed by atoms with Crippen LogP contribution < -0.4 is 15.8 Å². The van der Waals surface area contributed by atoms with E-state index < -0.39 is 0 Å². The van der Waals surface area contributed by atoms with Crippen molar-refractivity contribution in [3.8, 4) is 11.5 Å². The van der Waals surface area contributed by atoms with Crippen LogP contribution >= 0.6 is 0 Å². The van der Waals surface area contributed by atoms with E-state index in [2.05, 4.69) is 5.32 Å². The van der Waals surface area contributed by atoms with Gasteiger partial charge >= 0.3 is 0 Å². The predicted octanol–water partition coefficient (Wildman–Crippen LogP) is 0.245. The number of phenols is 1. The molecule has 3 rings (SSSR count). The summed E-state index contributed by atoms with van der Waals surface area (Å²) in [6.07, 6.45) is 0.988. The van der Waals surface area contributed by atoms with Crippen LogP contribution in [0.4, 0.5) is 0 Å². The molecule has 2 aliphatic rings. The van der Waals surface area contributed by atoms with Gasteiger partial charge in [0.25, 0.3) is 5.91 Å². The van der Waals surface area contributed by atoms with Crippen molar-refractivity contribution in [3.63, 3.8) is 0 Å². The highest BCUT2D eigenvalue weighted by atomic mass is 16.5. The van der Waals surface area contributed by atoms with Gasteiger partial charge in [-0.25, -0.2) is 0 Å². The molecule has 20 heavy (non-hydrogen) atoms. The molecule has 4 atom stereocenters. The Bertz CT molecular complexity index is 534. The lowest BCUT2D eigenvalue weighted by molar-refractivity contribution is -0.0161. The van der Waals surface area contributed by atoms with Crippen molar-refractivity contribution in [2.75, 3.05) is 13.7 Å². The highest BCUT2D eigenvalue weighted by Gasteiger charge is 2.52. The summed E-state index contributed by atoms with van der Waals surface area (Å²) in [7, 11) is 1.46. The Morgan fingerprint density at radius 1 is 1.55 bits per heavy atom. The monoisotopic (exact) mass is 278 g/mol. The third kappa shape index (κ3) is 2.01. The topological polar surface area (TPSA) is 93.8 Å². The van der Waals surface area contributed by atoms with Crippen LogP contribution in [0, 0.1) is 5.92 Å². The Morgan fingerprint density at radius 2 is 2.35 bits per heavy atom. The first kappa shape index (κ1) is 13.2. The van der Waals surface area contributed by atoms with E-state index in [1.807, 2.05) is 0 Å². The van der Waals surface area contributed by atoms with E-state index in [0.29, 0.717) is 23.8 Å². The van der Waals surface area contributed by atoms with Gasteiger partial charge in [-0.3, -0.25) is 4.79 Å². The molecule has 0 bridgehead atoms. The highest BCUT2D eigenvalue weighted by molar-refractivity contribution is 5.95.